The zero-order valence-corrected chi connectivity index (χ0v) is 30.0. The minimum Gasteiger partial charge on any atom is -0.467 e. The largest absolute Gasteiger partial charge is 0.467 e. The molecule has 2 aromatic rings. The highest BCUT2D eigenvalue weighted by Gasteiger charge is 2.45. The number of hydrogen-bond donors (Lipinski definition) is 0. The number of benzene rings is 1. The van der Waals surface area contributed by atoms with Crippen molar-refractivity contribution in [3.63, 3.8) is 0 Å². The molecule has 0 spiro atoms. The van der Waals surface area contributed by atoms with Crippen molar-refractivity contribution in [1.82, 2.24) is 24.7 Å². The summed E-state index contributed by atoms with van der Waals surface area (Å²) < 4.78 is 11.3. The summed E-state index contributed by atoms with van der Waals surface area (Å²) in [7, 11) is 3.78. The number of piperazine rings is 1. The van der Waals surface area contributed by atoms with Crippen LogP contribution in [0.25, 0.3) is 0 Å². The number of allylic oxidation sites excluding steroid dienone is 1. The van der Waals surface area contributed by atoms with E-state index in [4.69, 9.17) is 36.0 Å². The third-order valence-corrected chi connectivity index (χ3v) is 9.43. The summed E-state index contributed by atoms with van der Waals surface area (Å²) in [6, 6.07) is 8.77. The number of ether oxygens (including phenoxy) is 2. The lowest BCUT2D eigenvalue weighted by atomic mass is 10.0. The number of amidine groups is 1. The number of fused-ring (bicyclic) bond motifs is 3. The lowest BCUT2D eigenvalue weighted by Gasteiger charge is -2.43. The normalized spacial score (nSPS) is 21.7. The van der Waals surface area contributed by atoms with Crippen molar-refractivity contribution in [1.29, 1.82) is 0 Å². The molecule has 4 aliphatic rings. The number of halogens is 1. The van der Waals surface area contributed by atoms with E-state index in [1.807, 2.05) is 50.8 Å². The van der Waals surface area contributed by atoms with Gasteiger partial charge in [-0.15, -0.1) is 0 Å². The van der Waals surface area contributed by atoms with Gasteiger partial charge in [0.1, 0.15) is 22.4 Å². The molecule has 4 aliphatic heterocycles. The number of amides is 1. The van der Waals surface area contributed by atoms with Crippen LogP contribution in [0.4, 0.5) is 10.6 Å². The van der Waals surface area contributed by atoms with Gasteiger partial charge in [0, 0.05) is 30.8 Å². The van der Waals surface area contributed by atoms with Crippen LogP contribution in [-0.2, 0) is 17.7 Å². The van der Waals surface area contributed by atoms with E-state index < -0.39 is 5.60 Å². The van der Waals surface area contributed by atoms with Gasteiger partial charge in [0.2, 0.25) is 0 Å². The quantitative estimate of drug-likeness (QED) is 0.206. The Kier molecular flexibility index (Phi) is 11.3. The van der Waals surface area contributed by atoms with Gasteiger partial charge in [-0.05, 0) is 98.0 Å². The lowest BCUT2D eigenvalue weighted by Crippen LogP contribution is -2.57. The van der Waals surface area contributed by atoms with Crippen LogP contribution < -0.4 is 9.64 Å². The second-order valence-electron chi connectivity index (χ2n) is 14.0. The molecule has 0 N–H and O–H groups in total. The standard InChI is InChI=1S/C31H41ClN6O3.C5H11N/c1-7-10-26(32)34-27(23-12-9-8-11-20(23)2)36-16-15-24-25(19-36)33-29(40-6)35-28(24)37-17-21-13-14-22(18-37)38(21)30(39)41-31(3,4)5;1-6-4-2-3-5-6/h8-12,21-22H,7,13-19H2,1-6H3;2-5H2,1H3/b26-10+,34-27+;. The first kappa shape index (κ1) is 35.0. The maximum atomic E-state index is 13.0. The second kappa shape index (κ2) is 15.2. The number of carbonyl (C=O) groups is 1. The van der Waals surface area contributed by atoms with Crippen LogP contribution in [-0.4, -0.2) is 101 Å². The summed E-state index contributed by atoms with van der Waals surface area (Å²) in [4.78, 5) is 36.4. The Morgan fingerprint density at radius 2 is 1.77 bits per heavy atom. The topological polar surface area (TPSA) is 86.6 Å². The highest BCUT2D eigenvalue weighted by Crippen LogP contribution is 2.37. The van der Waals surface area contributed by atoms with Crippen molar-refractivity contribution >= 4 is 29.3 Å². The van der Waals surface area contributed by atoms with Crippen LogP contribution in [0.2, 0.25) is 0 Å². The molecule has 2 unspecified atom stereocenters. The Morgan fingerprint density at radius 1 is 1.09 bits per heavy atom. The Bertz CT molecular complexity index is 1450. The van der Waals surface area contributed by atoms with Gasteiger partial charge in [-0.3, -0.25) is 4.90 Å². The van der Waals surface area contributed by atoms with Crippen LogP contribution in [0, 0.1) is 6.92 Å². The van der Waals surface area contributed by atoms with Crippen LogP contribution >= 0.6 is 11.6 Å². The number of carbonyl (C=O) groups excluding carboxylic acids is 1. The SMILES string of the molecule is CC/C=C(Cl)/N=C(\c1ccccc1C)N1CCc2c(nc(OC)nc2N2CC3CCC(C2)N3C(=O)OC(C)(C)C)C1.CN1CCCC1. The van der Waals surface area contributed by atoms with E-state index in [1.165, 1.54) is 25.9 Å². The van der Waals surface area contributed by atoms with Crippen molar-refractivity contribution in [2.75, 3.05) is 51.8 Å². The summed E-state index contributed by atoms with van der Waals surface area (Å²) in [5.41, 5.74) is 3.73. The van der Waals surface area contributed by atoms with Crippen LogP contribution in [0.3, 0.4) is 0 Å². The van der Waals surface area contributed by atoms with Gasteiger partial charge in [0.15, 0.2) is 0 Å². The highest BCUT2D eigenvalue weighted by atomic mass is 35.5. The van der Waals surface area contributed by atoms with E-state index in [1.54, 1.807) is 7.11 Å². The molecular formula is C36H52ClN7O3. The first-order valence-corrected chi connectivity index (χ1v) is 17.5. The zero-order valence-electron chi connectivity index (χ0n) is 29.3. The number of methoxy groups -OCH3 is 1. The number of hydrogen-bond acceptors (Lipinski definition) is 8. The minimum absolute atomic E-state index is 0.0904. The maximum absolute atomic E-state index is 13.0. The number of aromatic nitrogens is 2. The smallest absolute Gasteiger partial charge is 0.410 e. The van der Waals surface area contributed by atoms with Gasteiger partial charge < -0.3 is 24.2 Å². The number of likely N-dealkylation sites (tertiary alicyclic amines) is 1. The summed E-state index contributed by atoms with van der Waals surface area (Å²) in [6.45, 7) is 15.2. The van der Waals surface area contributed by atoms with Crippen LogP contribution in [0.5, 0.6) is 6.01 Å². The molecule has 3 saturated heterocycles. The molecule has 0 saturated carbocycles. The third kappa shape index (κ3) is 8.57. The van der Waals surface area contributed by atoms with E-state index in [9.17, 15) is 4.79 Å². The molecule has 10 nitrogen and oxygen atoms in total. The molecule has 2 bridgehead atoms. The monoisotopic (exact) mass is 665 g/mol. The van der Waals surface area contributed by atoms with Gasteiger partial charge in [0.25, 0.3) is 0 Å². The number of anilines is 1. The van der Waals surface area contributed by atoms with Crippen LogP contribution in [0.15, 0.2) is 40.5 Å². The number of aliphatic imine (C=N–C) groups is 1. The van der Waals surface area contributed by atoms with E-state index in [0.29, 0.717) is 30.8 Å². The van der Waals surface area contributed by atoms with Crippen molar-refractivity contribution in [3.05, 3.63) is 57.9 Å². The fraction of sp³-hybridized carbons (Fsp3) is 0.611. The van der Waals surface area contributed by atoms with Crippen molar-refractivity contribution in [3.8, 4) is 6.01 Å². The number of aryl methyl sites for hydroxylation is 1. The molecule has 1 aromatic carbocycles. The second-order valence-corrected chi connectivity index (χ2v) is 14.4. The van der Waals surface area contributed by atoms with E-state index in [0.717, 1.165) is 66.3 Å². The Labute approximate surface area is 285 Å². The predicted octanol–water partition coefficient (Wildman–Crippen LogP) is 6.39. The zero-order chi connectivity index (χ0) is 33.7. The van der Waals surface area contributed by atoms with Gasteiger partial charge in [0.05, 0.1) is 31.4 Å². The molecule has 3 fully saturated rings. The fourth-order valence-corrected chi connectivity index (χ4v) is 7.16. The molecule has 1 amide bonds. The molecule has 6 rings (SSSR count). The third-order valence-electron chi connectivity index (χ3n) is 9.19. The molecule has 47 heavy (non-hydrogen) atoms. The van der Waals surface area contributed by atoms with Gasteiger partial charge in [-0.2, -0.15) is 9.97 Å². The van der Waals surface area contributed by atoms with E-state index in [2.05, 4.69) is 40.8 Å². The number of nitrogens with zero attached hydrogens (tertiary/aromatic N) is 7. The summed E-state index contributed by atoms with van der Waals surface area (Å²) in [6.07, 6.45) is 8.02. The average molecular weight is 666 g/mol. The molecule has 1 aromatic heterocycles. The Morgan fingerprint density at radius 3 is 2.34 bits per heavy atom. The van der Waals surface area contributed by atoms with Gasteiger partial charge in [-0.25, -0.2) is 9.79 Å². The molecule has 2 atom stereocenters. The maximum Gasteiger partial charge on any atom is 0.410 e. The minimum atomic E-state index is -0.518. The summed E-state index contributed by atoms with van der Waals surface area (Å²) in [5.74, 6) is 1.75. The predicted molar refractivity (Wildman–Crippen MR) is 188 cm³/mol. The van der Waals surface area contributed by atoms with E-state index >= 15 is 0 Å². The van der Waals surface area contributed by atoms with Crippen molar-refractivity contribution in [2.45, 2.75) is 97.4 Å². The van der Waals surface area contributed by atoms with E-state index in [-0.39, 0.29) is 18.2 Å². The summed E-state index contributed by atoms with van der Waals surface area (Å²) >= 11 is 6.53. The molecule has 256 valence electrons. The molecule has 0 radical (unpaired) electrons. The first-order chi connectivity index (χ1) is 22.5. The number of rotatable bonds is 5. The molecule has 11 heteroatoms. The van der Waals surface area contributed by atoms with Crippen molar-refractivity contribution in [2.24, 2.45) is 4.99 Å². The van der Waals surface area contributed by atoms with Gasteiger partial charge in [-0.1, -0.05) is 42.8 Å². The Balaban J connectivity index is 0.000000650. The first-order valence-electron chi connectivity index (χ1n) is 17.1. The fourth-order valence-electron chi connectivity index (χ4n) is 6.93. The average Bonchev–Trinajstić information content (AvgIpc) is 3.62. The molecule has 0 aliphatic carbocycles. The van der Waals surface area contributed by atoms with Crippen molar-refractivity contribution < 1.29 is 14.3 Å². The van der Waals surface area contributed by atoms with Gasteiger partial charge >= 0.3 is 12.1 Å². The highest BCUT2D eigenvalue weighted by molar-refractivity contribution is 6.30. The Hall–Kier alpha value is -3.37. The molecule has 5 heterocycles. The van der Waals surface area contributed by atoms with Crippen LogP contribution in [0.1, 0.15) is 82.2 Å². The lowest BCUT2D eigenvalue weighted by molar-refractivity contribution is 0.0122. The molecular weight excluding hydrogens is 614 g/mol. The summed E-state index contributed by atoms with van der Waals surface area (Å²) in [5, 5.41) is 0.482.